The van der Waals surface area contributed by atoms with Gasteiger partial charge in [-0.3, -0.25) is 0 Å². The van der Waals surface area contributed by atoms with Gasteiger partial charge in [-0.2, -0.15) is 0 Å². The van der Waals surface area contributed by atoms with Gasteiger partial charge in [-0.25, -0.2) is 29.4 Å². The molecule has 0 bridgehead atoms. The average Bonchev–Trinajstić information content (AvgIpc) is 3.17. The first kappa shape index (κ1) is 68.1. The van der Waals surface area contributed by atoms with Crippen molar-refractivity contribution in [3.63, 3.8) is 0 Å². The van der Waals surface area contributed by atoms with E-state index in [1.165, 1.54) is 38.5 Å². The Morgan fingerprint density at radius 3 is 0.750 bits per heavy atom. The molecule has 0 aromatic rings. The minimum Gasteiger partial charge on any atom is -0.456 e. The van der Waals surface area contributed by atoms with Gasteiger partial charge in [0.25, 0.3) is 0 Å². The summed E-state index contributed by atoms with van der Waals surface area (Å²) >= 11 is 0. The van der Waals surface area contributed by atoms with Crippen LogP contribution in [0.3, 0.4) is 0 Å². The fourth-order valence-electron chi connectivity index (χ4n) is 9.35. The summed E-state index contributed by atoms with van der Waals surface area (Å²) in [5.41, 5.74) is 0. The number of hydrogen-bond acceptors (Lipinski definition) is 12. The molecule has 0 rings (SSSR count). The van der Waals surface area contributed by atoms with Gasteiger partial charge >= 0.3 is 8.80 Å². The highest BCUT2D eigenvalue weighted by Gasteiger charge is 2.53. The number of rotatable bonds is 42. The second-order valence-electron chi connectivity index (χ2n) is 25.1. The summed E-state index contributed by atoms with van der Waals surface area (Å²) in [6, 6.07) is 9.83. The van der Waals surface area contributed by atoms with E-state index < -0.39 is 83.7 Å². The quantitative estimate of drug-likeness (QED) is 0.0252. The topological polar surface area (TPSA) is 144 Å². The number of unbranched alkanes of at least 4 members (excludes halogenated alkanes) is 7. The lowest BCUT2D eigenvalue weighted by Crippen LogP contribution is -2.62. The summed E-state index contributed by atoms with van der Waals surface area (Å²) in [7, 11) is -22.5. The van der Waals surface area contributed by atoms with Crippen molar-refractivity contribution in [1.29, 1.82) is 0 Å². The Kier molecular flexibility index (Phi) is 31.8. The predicted octanol–water partition coefficient (Wildman–Crippen LogP) is 15.2. The molecule has 0 aromatic carbocycles. The summed E-state index contributed by atoms with van der Waals surface area (Å²) in [4.78, 5) is 43.5. The van der Waals surface area contributed by atoms with Crippen LogP contribution in [0.15, 0.2) is 15.0 Å². The molecular formula is C46H105N3O9Si10. The summed E-state index contributed by atoms with van der Waals surface area (Å²) in [5, 5.41) is 0. The van der Waals surface area contributed by atoms with Crippen molar-refractivity contribution in [2.75, 3.05) is 19.6 Å². The fraction of sp³-hybridized carbons (Fsp3) is 0.935. The van der Waals surface area contributed by atoms with Crippen LogP contribution in [0.1, 0.15) is 77.6 Å². The Morgan fingerprint density at radius 1 is 0.279 bits per heavy atom. The van der Waals surface area contributed by atoms with Gasteiger partial charge in [0, 0.05) is 6.04 Å². The fourth-order valence-corrected chi connectivity index (χ4v) is 62.1. The summed E-state index contributed by atoms with van der Waals surface area (Å²) in [5.74, 6) is 0. The normalized spacial score (nSPS) is 14.5. The van der Waals surface area contributed by atoms with E-state index in [0.717, 1.165) is 92.5 Å². The molecule has 68 heavy (non-hydrogen) atoms. The Bertz CT molecular complexity index is 1420. The molecule has 0 spiro atoms. The number of nitrogens with zero attached hydrogens (tertiary/aromatic N) is 3. The van der Waals surface area contributed by atoms with Gasteiger partial charge in [-0.05, 0) is 198 Å². The zero-order chi connectivity index (χ0) is 52.5. The van der Waals surface area contributed by atoms with E-state index in [4.69, 9.17) is 24.7 Å². The summed E-state index contributed by atoms with van der Waals surface area (Å²) < 4.78 is 44.9. The molecule has 0 amide bonds. The third-order valence-electron chi connectivity index (χ3n) is 12.6. The van der Waals surface area contributed by atoms with Crippen LogP contribution >= 0.6 is 0 Å². The number of hydrogen-bond donors (Lipinski definition) is 0. The van der Waals surface area contributed by atoms with Crippen LogP contribution in [0.5, 0.6) is 0 Å². The third-order valence-corrected chi connectivity index (χ3v) is 52.1. The second kappa shape index (κ2) is 31.7. The van der Waals surface area contributed by atoms with Crippen LogP contribution in [-0.4, -0.2) is 122 Å². The highest BCUT2D eigenvalue weighted by Crippen LogP contribution is 2.38. The highest BCUT2D eigenvalue weighted by atomic mass is 28.5. The van der Waals surface area contributed by atoms with Crippen LogP contribution in [0.2, 0.25) is 178 Å². The Hall–Kier alpha value is 0.0688. The Morgan fingerprint density at radius 2 is 0.500 bits per heavy atom. The van der Waals surface area contributed by atoms with Crippen molar-refractivity contribution < 1.29 is 39.1 Å². The molecular weight excluding hydrogens is 1020 g/mol. The van der Waals surface area contributed by atoms with Gasteiger partial charge < -0.3 is 24.7 Å². The van der Waals surface area contributed by atoms with Crippen molar-refractivity contribution in [3.8, 4) is 0 Å². The molecule has 0 heterocycles. The Balaban J connectivity index is 6.98. The van der Waals surface area contributed by atoms with E-state index in [2.05, 4.69) is 140 Å². The molecule has 0 aliphatic carbocycles. The van der Waals surface area contributed by atoms with Crippen molar-refractivity contribution in [2.24, 2.45) is 15.0 Å². The van der Waals surface area contributed by atoms with Crippen molar-refractivity contribution in [3.05, 3.63) is 0 Å². The van der Waals surface area contributed by atoms with Gasteiger partial charge in [0.1, 0.15) is 0 Å². The van der Waals surface area contributed by atoms with E-state index in [1.54, 1.807) is 18.2 Å². The zero-order valence-electron chi connectivity index (χ0n) is 47.5. The predicted molar refractivity (Wildman–Crippen MR) is 313 cm³/mol. The standard InChI is InChI=1S/C46H105N3O9Si10/c1-20-21-22-23-24-25-26-27-37-68(56-65(14,15)41-38-62(8,9)53-59(2,3)34-28-31-47-44-50,57-66(16,17)42-39-63(10,11)54-60(4,5)35-29-32-48-45-51)58-67(18,19)43-40-64(12,13)55-61(6,7)36-30-33-49-46-52/h20-43H2,1-19H3. The molecule has 0 N–H and O–H groups in total. The van der Waals surface area contributed by atoms with E-state index >= 15 is 0 Å². The minimum atomic E-state index is -3.28. The SMILES string of the molecule is CCCCCCCCCC[Si](O[Si](C)(C)CC[Si](C)(C)O[Si](C)(C)CCCN=C=O)(O[Si](C)(C)CC[Si](C)(C)O[Si](C)(C)CCCN=C=O)O[Si](C)(C)CC[Si](C)(C)O[Si](C)(C)CCCN=C=O. The lowest BCUT2D eigenvalue weighted by Gasteiger charge is -2.46. The molecule has 398 valence electrons. The minimum absolute atomic E-state index is 0.515. The smallest absolute Gasteiger partial charge is 0.456 e. The molecule has 0 aromatic heterocycles. The maximum absolute atomic E-state index is 10.7. The summed E-state index contributed by atoms with van der Waals surface area (Å²) in [6.07, 6.45) is 17.5. The van der Waals surface area contributed by atoms with Crippen molar-refractivity contribution in [1.82, 2.24) is 0 Å². The van der Waals surface area contributed by atoms with Crippen LogP contribution in [0.25, 0.3) is 0 Å². The largest absolute Gasteiger partial charge is 0.469 e. The molecule has 0 unspecified atom stereocenters. The summed E-state index contributed by atoms with van der Waals surface area (Å²) in [6.45, 7) is 46.3. The highest BCUT2D eigenvalue weighted by molar-refractivity contribution is 6.93. The molecule has 12 nitrogen and oxygen atoms in total. The monoisotopic (exact) mass is 1120 g/mol. The van der Waals surface area contributed by atoms with E-state index in [-0.39, 0.29) is 0 Å². The lowest BCUT2D eigenvalue weighted by atomic mass is 10.1. The average molecular weight is 1130 g/mol. The van der Waals surface area contributed by atoms with Crippen LogP contribution < -0.4 is 0 Å². The Labute approximate surface area is 428 Å². The first-order chi connectivity index (χ1) is 31.1. The van der Waals surface area contributed by atoms with Gasteiger partial charge in [-0.15, -0.1) is 0 Å². The van der Waals surface area contributed by atoms with Gasteiger partial charge in [-0.1, -0.05) is 51.9 Å². The van der Waals surface area contributed by atoms with Crippen molar-refractivity contribution in [2.45, 2.75) is 256 Å². The molecule has 0 atom stereocenters. The number of aliphatic imine (C=N–C) groups is 3. The molecule has 0 aliphatic heterocycles. The van der Waals surface area contributed by atoms with Crippen LogP contribution in [0.4, 0.5) is 0 Å². The third kappa shape index (κ3) is 35.3. The molecule has 0 saturated carbocycles. The molecule has 0 fully saturated rings. The molecule has 22 heteroatoms. The van der Waals surface area contributed by atoms with Gasteiger partial charge in [0.15, 0.2) is 74.9 Å². The molecule has 0 saturated heterocycles. The van der Waals surface area contributed by atoms with Gasteiger partial charge in [0.2, 0.25) is 18.2 Å². The number of isocyanates is 3. The first-order valence-electron chi connectivity index (χ1n) is 26.4. The second-order valence-corrected chi connectivity index (χ2v) is 68.0. The van der Waals surface area contributed by atoms with Gasteiger partial charge in [0.05, 0.1) is 19.6 Å². The van der Waals surface area contributed by atoms with Crippen molar-refractivity contribution >= 4 is 102 Å². The molecule has 0 aliphatic rings. The van der Waals surface area contributed by atoms with Crippen LogP contribution in [0, 0.1) is 0 Å². The maximum atomic E-state index is 10.7. The lowest BCUT2D eigenvalue weighted by molar-refractivity contribution is 0.245. The van der Waals surface area contributed by atoms with Crippen LogP contribution in [-0.2, 0) is 39.1 Å². The first-order valence-corrected chi connectivity index (χ1v) is 56.4. The maximum Gasteiger partial charge on any atom is 0.469 e. The number of carbonyl (C=O) groups excluding carboxylic acids is 3. The van der Waals surface area contributed by atoms with E-state index in [9.17, 15) is 14.4 Å². The molecule has 0 radical (unpaired) electrons. The zero-order valence-corrected chi connectivity index (χ0v) is 57.5. The van der Waals surface area contributed by atoms with E-state index in [0.29, 0.717) is 19.6 Å². The van der Waals surface area contributed by atoms with E-state index in [1.807, 2.05) is 0 Å².